The maximum Gasteiger partial charge on any atom is 0.164 e. The second-order valence-corrected chi connectivity index (χ2v) is 5.90. The summed E-state index contributed by atoms with van der Waals surface area (Å²) in [6.07, 6.45) is 0.687. The van der Waals surface area contributed by atoms with Gasteiger partial charge in [-0.2, -0.15) is 0 Å². The fourth-order valence-corrected chi connectivity index (χ4v) is 2.51. The highest BCUT2D eigenvalue weighted by Gasteiger charge is 2.12. The van der Waals surface area contributed by atoms with Gasteiger partial charge in [-0.25, -0.2) is 0 Å². The van der Waals surface area contributed by atoms with Crippen LogP contribution in [0.4, 0.5) is 0 Å². The van der Waals surface area contributed by atoms with Gasteiger partial charge in [0.05, 0.1) is 7.11 Å². The number of ether oxygens (including phenoxy) is 2. The van der Waals surface area contributed by atoms with Crippen LogP contribution >= 0.6 is 27.5 Å². The summed E-state index contributed by atoms with van der Waals surface area (Å²) in [6, 6.07) is 11.6. The number of hydrogen-bond donors (Lipinski definition) is 1. The van der Waals surface area contributed by atoms with Crippen molar-refractivity contribution in [2.75, 3.05) is 13.7 Å². The lowest BCUT2D eigenvalue weighted by Crippen LogP contribution is -2.07. The van der Waals surface area contributed by atoms with Crippen LogP contribution < -0.4 is 15.2 Å². The molecular weight excluding hydrogens is 354 g/mol. The van der Waals surface area contributed by atoms with Crippen molar-refractivity contribution in [1.29, 1.82) is 0 Å². The van der Waals surface area contributed by atoms with Crippen molar-refractivity contribution in [1.82, 2.24) is 0 Å². The molecule has 21 heavy (non-hydrogen) atoms. The van der Waals surface area contributed by atoms with E-state index in [-0.39, 0.29) is 0 Å². The van der Waals surface area contributed by atoms with Gasteiger partial charge in [0.2, 0.25) is 0 Å². The predicted octanol–water partition coefficient (Wildman–Crippen LogP) is 4.19. The summed E-state index contributed by atoms with van der Waals surface area (Å²) in [4.78, 5) is 0. The molecule has 0 spiro atoms. The van der Waals surface area contributed by atoms with Gasteiger partial charge in [-0.3, -0.25) is 0 Å². The molecule has 112 valence electrons. The molecule has 2 aromatic carbocycles. The van der Waals surface area contributed by atoms with Gasteiger partial charge in [-0.05, 0) is 36.7 Å². The second kappa shape index (κ2) is 7.69. The van der Waals surface area contributed by atoms with Gasteiger partial charge in [-0.1, -0.05) is 39.7 Å². The van der Waals surface area contributed by atoms with E-state index in [9.17, 15) is 0 Å². The van der Waals surface area contributed by atoms with Gasteiger partial charge < -0.3 is 15.2 Å². The van der Waals surface area contributed by atoms with Crippen molar-refractivity contribution in [2.24, 2.45) is 5.73 Å². The Morgan fingerprint density at radius 3 is 2.52 bits per heavy atom. The zero-order valence-corrected chi connectivity index (χ0v) is 14.1. The molecule has 2 aromatic rings. The molecule has 0 amide bonds. The minimum Gasteiger partial charge on any atom is -0.493 e. The maximum atomic E-state index is 6.09. The molecule has 0 fully saturated rings. The molecule has 0 aromatic heterocycles. The lowest BCUT2D eigenvalue weighted by atomic mass is 10.1. The fourth-order valence-electron chi connectivity index (χ4n) is 2.02. The Morgan fingerprint density at radius 1 is 1.19 bits per heavy atom. The molecular formula is C16H17BrClNO2. The summed E-state index contributed by atoms with van der Waals surface area (Å²) < 4.78 is 12.3. The number of nitrogens with two attached hydrogens (primary N) is 1. The van der Waals surface area contributed by atoms with Crippen LogP contribution in [0.2, 0.25) is 5.02 Å². The van der Waals surface area contributed by atoms with E-state index in [2.05, 4.69) is 15.9 Å². The molecule has 5 heteroatoms. The number of benzene rings is 2. The van der Waals surface area contributed by atoms with Crippen LogP contribution in [-0.4, -0.2) is 13.7 Å². The normalized spacial score (nSPS) is 10.5. The quantitative estimate of drug-likeness (QED) is 0.829. The van der Waals surface area contributed by atoms with Gasteiger partial charge >= 0.3 is 0 Å². The molecule has 2 N–H and O–H groups in total. The Hall–Kier alpha value is -1.23. The molecule has 0 aliphatic rings. The third kappa shape index (κ3) is 4.37. The summed E-state index contributed by atoms with van der Waals surface area (Å²) in [7, 11) is 1.60. The van der Waals surface area contributed by atoms with E-state index < -0.39 is 0 Å². The third-order valence-electron chi connectivity index (χ3n) is 3.03. The van der Waals surface area contributed by atoms with E-state index in [1.165, 1.54) is 0 Å². The Bertz CT molecular complexity index is 602. The van der Waals surface area contributed by atoms with Crippen molar-refractivity contribution in [3.63, 3.8) is 0 Å². The Labute approximate surface area is 138 Å². The number of methoxy groups -OCH3 is 1. The molecule has 0 heterocycles. The Morgan fingerprint density at radius 2 is 1.90 bits per heavy atom. The van der Waals surface area contributed by atoms with Gasteiger partial charge in [0, 0.05) is 21.1 Å². The summed E-state index contributed by atoms with van der Waals surface area (Å²) in [5.41, 5.74) is 7.69. The van der Waals surface area contributed by atoms with Crippen LogP contribution in [0.15, 0.2) is 40.9 Å². The Kier molecular flexibility index (Phi) is 5.91. The standard InChI is InChI=1S/C16H17BrClNO2/c1-20-15-9-14(18)8-12(6-7-19)16(15)21-10-11-2-4-13(17)5-3-11/h2-5,8-9H,6-7,10,19H2,1H3. The first-order valence-electron chi connectivity index (χ1n) is 6.57. The lowest BCUT2D eigenvalue weighted by Gasteiger charge is -2.15. The molecule has 3 nitrogen and oxygen atoms in total. The summed E-state index contributed by atoms with van der Waals surface area (Å²) in [5, 5.41) is 0.617. The van der Waals surface area contributed by atoms with E-state index in [0.717, 1.165) is 15.6 Å². The number of hydrogen-bond acceptors (Lipinski definition) is 3. The predicted molar refractivity (Wildman–Crippen MR) is 89.2 cm³/mol. The largest absolute Gasteiger partial charge is 0.493 e. The molecule has 0 unspecified atom stereocenters. The van der Waals surface area contributed by atoms with Gasteiger partial charge in [-0.15, -0.1) is 0 Å². The topological polar surface area (TPSA) is 44.5 Å². The van der Waals surface area contributed by atoms with Crippen LogP contribution in [0.25, 0.3) is 0 Å². The number of rotatable bonds is 6. The monoisotopic (exact) mass is 369 g/mol. The van der Waals surface area contributed by atoms with Gasteiger partial charge in [0.1, 0.15) is 6.61 Å². The summed E-state index contributed by atoms with van der Waals surface area (Å²) >= 11 is 9.50. The summed E-state index contributed by atoms with van der Waals surface area (Å²) in [5.74, 6) is 1.33. The SMILES string of the molecule is COc1cc(Cl)cc(CCN)c1OCc1ccc(Br)cc1. The van der Waals surface area contributed by atoms with Gasteiger partial charge in [0.15, 0.2) is 11.5 Å². The Balaban J connectivity index is 2.22. The maximum absolute atomic E-state index is 6.09. The van der Waals surface area contributed by atoms with Crippen molar-refractivity contribution < 1.29 is 9.47 Å². The second-order valence-electron chi connectivity index (χ2n) is 4.55. The van der Waals surface area contributed by atoms with E-state index in [0.29, 0.717) is 36.1 Å². The average molecular weight is 371 g/mol. The zero-order chi connectivity index (χ0) is 15.2. The first kappa shape index (κ1) is 16.1. The molecule has 0 bridgehead atoms. The molecule has 0 saturated heterocycles. The first-order valence-corrected chi connectivity index (χ1v) is 7.75. The highest BCUT2D eigenvalue weighted by Crippen LogP contribution is 2.35. The number of halogens is 2. The molecule has 0 atom stereocenters. The van der Waals surface area contributed by atoms with Crippen molar-refractivity contribution >= 4 is 27.5 Å². The van der Waals surface area contributed by atoms with Crippen LogP contribution in [-0.2, 0) is 13.0 Å². The minimum absolute atomic E-state index is 0.461. The average Bonchev–Trinajstić information content (AvgIpc) is 2.47. The molecule has 0 aliphatic carbocycles. The van der Waals surface area contributed by atoms with Crippen molar-refractivity contribution in [3.8, 4) is 11.5 Å². The van der Waals surface area contributed by atoms with Crippen LogP contribution in [0.5, 0.6) is 11.5 Å². The highest BCUT2D eigenvalue weighted by atomic mass is 79.9. The third-order valence-corrected chi connectivity index (χ3v) is 3.77. The summed E-state index contributed by atoms with van der Waals surface area (Å²) in [6.45, 7) is 0.987. The highest BCUT2D eigenvalue weighted by molar-refractivity contribution is 9.10. The van der Waals surface area contributed by atoms with E-state index >= 15 is 0 Å². The minimum atomic E-state index is 0.461. The van der Waals surface area contributed by atoms with Crippen LogP contribution in [0.1, 0.15) is 11.1 Å². The zero-order valence-electron chi connectivity index (χ0n) is 11.7. The molecule has 0 aliphatic heterocycles. The van der Waals surface area contributed by atoms with Crippen LogP contribution in [0.3, 0.4) is 0 Å². The van der Waals surface area contributed by atoms with Crippen molar-refractivity contribution in [2.45, 2.75) is 13.0 Å². The molecule has 0 saturated carbocycles. The molecule has 0 radical (unpaired) electrons. The molecule has 2 rings (SSSR count). The fraction of sp³-hybridized carbons (Fsp3) is 0.250. The van der Waals surface area contributed by atoms with E-state index in [1.54, 1.807) is 13.2 Å². The van der Waals surface area contributed by atoms with Crippen LogP contribution in [0, 0.1) is 0 Å². The van der Waals surface area contributed by atoms with Crippen molar-refractivity contribution in [3.05, 3.63) is 57.0 Å². The lowest BCUT2D eigenvalue weighted by molar-refractivity contribution is 0.281. The smallest absolute Gasteiger partial charge is 0.164 e. The first-order chi connectivity index (χ1) is 10.1. The van der Waals surface area contributed by atoms with E-state index in [1.807, 2.05) is 30.3 Å². The van der Waals surface area contributed by atoms with Gasteiger partial charge in [0.25, 0.3) is 0 Å². The van der Waals surface area contributed by atoms with E-state index in [4.69, 9.17) is 26.8 Å².